The molecule has 3 rings (SSSR count). The van der Waals surface area contributed by atoms with Crippen LogP contribution in [0.15, 0.2) is 73.1 Å². The first-order valence-corrected chi connectivity index (χ1v) is 7.33. The summed E-state index contributed by atoms with van der Waals surface area (Å²) in [6, 6.07) is 18.1. The van der Waals surface area contributed by atoms with E-state index in [9.17, 15) is 4.79 Å². The van der Waals surface area contributed by atoms with E-state index >= 15 is 0 Å². The van der Waals surface area contributed by atoms with Gasteiger partial charge in [0.05, 0.1) is 22.6 Å². The zero-order valence-electron chi connectivity index (χ0n) is 12.1. The fourth-order valence-electron chi connectivity index (χ4n) is 2.12. The Bertz CT molecular complexity index is 795. The van der Waals surface area contributed by atoms with Crippen molar-refractivity contribution in [2.45, 2.75) is 0 Å². The fourth-order valence-corrected chi connectivity index (χ4v) is 2.39. The monoisotopic (exact) mass is 324 g/mol. The molecule has 1 aromatic heterocycles. The van der Waals surface area contributed by atoms with Crippen molar-refractivity contribution in [3.63, 3.8) is 0 Å². The smallest absolute Gasteiger partial charge is 0.218 e. The van der Waals surface area contributed by atoms with E-state index in [4.69, 9.17) is 16.3 Å². The number of carbonyl (C=O) groups excluding carboxylic acids is 1. The van der Waals surface area contributed by atoms with Gasteiger partial charge in [0.25, 0.3) is 0 Å². The molecule has 23 heavy (non-hydrogen) atoms. The quantitative estimate of drug-likeness (QED) is 0.632. The molecule has 0 aliphatic carbocycles. The molecule has 0 radical (unpaired) electrons. The Morgan fingerprint density at radius 1 is 1.00 bits per heavy atom. The molecule has 0 unspecified atom stereocenters. The highest BCUT2D eigenvalue weighted by Crippen LogP contribution is 2.34. The van der Waals surface area contributed by atoms with Gasteiger partial charge in [0.2, 0.25) is 6.41 Å². The zero-order valence-corrected chi connectivity index (χ0v) is 12.9. The normalized spacial score (nSPS) is 10.1. The number of aromatic nitrogens is 1. The maximum Gasteiger partial charge on any atom is 0.218 e. The molecule has 0 fully saturated rings. The van der Waals surface area contributed by atoms with Crippen LogP contribution in [0.4, 0.5) is 11.4 Å². The molecule has 0 saturated heterocycles. The van der Waals surface area contributed by atoms with Crippen molar-refractivity contribution in [2.24, 2.45) is 0 Å². The molecular formula is C18H13ClN2O2. The molecule has 114 valence electrons. The van der Waals surface area contributed by atoms with Gasteiger partial charge in [-0.05, 0) is 36.4 Å². The van der Waals surface area contributed by atoms with Gasteiger partial charge in [-0.25, -0.2) is 0 Å². The molecule has 1 amide bonds. The lowest BCUT2D eigenvalue weighted by Gasteiger charge is -2.19. The first-order valence-electron chi connectivity index (χ1n) is 6.95. The summed E-state index contributed by atoms with van der Waals surface area (Å²) in [5.41, 5.74) is 1.20. The predicted octanol–water partition coefficient (Wildman–Crippen LogP) is 4.82. The number of anilines is 2. The van der Waals surface area contributed by atoms with Gasteiger partial charge < -0.3 is 4.74 Å². The molecule has 2 aromatic carbocycles. The van der Waals surface area contributed by atoms with Crippen LogP contribution in [0.3, 0.4) is 0 Å². The average molecular weight is 325 g/mol. The number of benzene rings is 2. The number of halogens is 1. The standard InChI is InChI=1S/C18H13ClN2O2/c19-17-11-16(23-15-6-2-1-3-7-15)8-9-18(17)21(13-22)14-5-4-10-20-12-14/h1-13H. The van der Waals surface area contributed by atoms with Crippen molar-refractivity contribution >= 4 is 29.4 Å². The summed E-state index contributed by atoms with van der Waals surface area (Å²) in [4.78, 5) is 16.9. The van der Waals surface area contributed by atoms with E-state index in [1.807, 2.05) is 30.3 Å². The summed E-state index contributed by atoms with van der Waals surface area (Å²) in [6.45, 7) is 0. The molecule has 0 aliphatic heterocycles. The highest BCUT2D eigenvalue weighted by Gasteiger charge is 2.13. The molecule has 0 saturated carbocycles. The second-order valence-corrected chi connectivity index (χ2v) is 5.12. The number of carbonyl (C=O) groups is 1. The summed E-state index contributed by atoms with van der Waals surface area (Å²) < 4.78 is 5.73. The second kappa shape index (κ2) is 6.94. The van der Waals surface area contributed by atoms with Crippen molar-refractivity contribution in [3.05, 3.63) is 78.1 Å². The fraction of sp³-hybridized carbons (Fsp3) is 0. The number of hydrogen-bond donors (Lipinski definition) is 0. The topological polar surface area (TPSA) is 42.4 Å². The van der Waals surface area contributed by atoms with E-state index in [1.165, 1.54) is 4.90 Å². The molecule has 0 spiro atoms. The maximum absolute atomic E-state index is 11.4. The summed E-state index contributed by atoms with van der Waals surface area (Å²) in [7, 11) is 0. The number of nitrogens with zero attached hydrogens (tertiary/aromatic N) is 2. The van der Waals surface area contributed by atoms with Gasteiger partial charge in [-0.2, -0.15) is 0 Å². The molecule has 3 aromatic rings. The van der Waals surface area contributed by atoms with Gasteiger partial charge in [-0.15, -0.1) is 0 Å². The number of pyridine rings is 1. The molecular weight excluding hydrogens is 312 g/mol. The van der Waals surface area contributed by atoms with Crippen LogP contribution in [0.2, 0.25) is 5.02 Å². The molecule has 0 atom stereocenters. The van der Waals surface area contributed by atoms with Crippen LogP contribution in [0.25, 0.3) is 0 Å². The minimum Gasteiger partial charge on any atom is -0.457 e. The first-order chi connectivity index (χ1) is 11.3. The van der Waals surface area contributed by atoms with Crippen molar-refractivity contribution in [2.75, 3.05) is 4.90 Å². The Morgan fingerprint density at radius 2 is 1.83 bits per heavy atom. The summed E-state index contributed by atoms with van der Waals surface area (Å²) in [6.07, 6.45) is 3.94. The van der Waals surface area contributed by atoms with Crippen LogP contribution in [-0.2, 0) is 4.79 Å². The number of para-hydroxylation sites is 1. The van der Waals surface area contributed by atoms with Gasteiger partial charge in [-0.1, -0.05) is 29.8 Å². The molecule has 0 aliphatic rings. The minimum absolute atomic E-state index is 0.411. The van der Waals surface area contributed by atoms with Gasteiger partial charge in [-0.3, -0.25) is 14.7 Å². The van der Waals surface area contributed by atoms with Crippen molar-refractivity contribution in [1.82, 2.24) is 4.98 Å². The molecule has 0 bridgehead atoms. The highest BCUT2D eigenvalue weighted by atomic mass is 35.5. The summed E-state index contributed by atoms with van der Waals surface area (Å²) >= 11 is 6.32. The summed E-state index contributed by atoms with van der Waals surface area (Å²) in [5, 5.41) is 0.411. The Kier molecular flexibility index (Phi) is 4.54. The number of ether oxygens (including phenoxy) is 1. The van der Waals surface area contributed by atoms with Crippen molar-refractivity contribution in [1.29, 1.82) is 0 Å². The van der Waals surface area contributed by atoms with E-state index in [2.05, 4.69) is 4.98 Å². The van der Waals surface area contributed by atoms with E-state index in [0.29, 0.717) is 28.6 Å². The van der Waals surface area contributed by atoms with Crippen LogP contribution >= 0.6 is 11.6 Å². The van der Waals surface area contributed by atoms with Gasteiger partial charge in [0.1, 0.15) is 11.5 Å². The lowest BCUT2D eigenvalue weighted by Crippen LogP contribution is -2.14. The van der Waals surface area contributed by atoms with Gasteiger partial charge in [0, 0.05) is 12.3 Å². The largest absolute Gasteiger partial charge is 0.457 e. The third kappa shape index (κ3) is 3.49. The van der Waals surface area contributed by atoms with Crippen molar-refractivity contribution < 1.29 is 9.53 Å². The zero-order chi connectivity index (χ0) is 16.1. The second-order valence-electron chi connectivity index (χ2n) is 4.71. The van der Waals surface area contributed by atoms with Gasteiger partial charge in [0.15, 0.2) is 0 Å². The van der Waals surface area contributed by atoms with Gasteiger partial charge >= 0.3 is 0 Å². The third-order valence-corrected chi connectivity index (χ3v) is 3.49. The Balaban J connectivity index is 1.88. The maximum atomic E-state index is 11.4. The van der Waals surface area contributed by atoms with E-state index in [1.54, 1.807) is 42.7 Å². The minimum atomic E-state index is 0.411. The Labute approximate surface area is 138 Å². The van der Waals surface area contributed by atoms with Crippen LogP contribution in [-0.4, -0.2) is 11.4 Å². The highest BCUT2D eigenvalue weighted by molar-refractivity contribution is 6.34. The molecule has 1 heterocycles. The lowest BCUT2D eigenvalue weighted by molar-refractivity contribution is -0.106. The van der Waals surface area contributed by atoms with Crippen molar-refractivity contribution in [3.8, 4) is 11.5 Å². The predicted molar refractivity (Wildman–Crippen MR) is 90.4 cm³/mol. The molecule has 0 N–H and O–H groups in total. The lowest BCUT2D eigenvalue weighted by atomic mass is 10.2. The molecule has 5 heteroatoms. The van der Waals surface area contributed by atoms with Crippen LogP contribution in [0, 0.1) is 0 Å². The van der Waals surface area contributed by atoms with E-state index in [0.717, 1.165) is 5.75 Å². The number of amides is 1. The Hall–Kier alpha value is -2.85. The van der Waals surface area contributed by atoms with E-state index in [-0.39, 0.29) is 0 Å². The number of hydrogen-bond acceptors (Lipinski definition) is 3. The molecule has 4 nitrogen and oxygen atoms in total. The number of rotatable bonds is 5. The van der Waals surface area contributed by atoms with Crippen LogP contribution in [0.1, 0.15) is 0 Å². The average Bonchev–Trinajstić information content (AvgIpc) is 2.59. The van der Waals surface area contributed by atoms with Crippen LogP contribution in [0.5, 0.6) is 11.5 Å². The third-order valence-electron chi connectivity index (χ3n) is 3.19. The summed E-state index contributed by atoms with van der Waals surface area (Å²) in [5.74, 6) is 1.32. The van der Waals surface area contributed by atoms with Crippen LogP contribution < -0.4 is 9.64 Å². The SMILES string of the molecule is O=CN(c1cccnc1)c1ccc(Oc2ccccc2)cc1Cl. The Morgan fingerprint density at radius 3 is 2.48 bits per heavy atom. The van der Waals surface area contributed by atoms with E-state index < -0.39 is 0 Å². The first kappa shape index (κ1) is 15.1.